The molecule has 242 valence electrons. The van der Waals surface area contributed by atoms with Gasteiger partial charge in [0.15, 0.2) is 5.78 Å². The van der Waals surface area contributed by atoms with Gasteiger partial charge in [-0.15, -0.1) is 16.9 Å². The number of ether oxygens (including phenoxy) is 1. The molecule has 0 atom stereocenters. The Bertz CT molecular complexity index is 2050. The van der Waals surface area contributed by atoms with Crippen LogP contribution in [0.15, 0.2) is 127 Å². The molecule has 1 heterocycles. The lowest BCUT2D eigenvalue weighted by molar-refractivity contribution is 0.0990. The summed E-state index contributed by atoms with van der Waals surface area (Å²) in [5.41, 5.74) is 5.12. The number of halogens is 1. The van der Waals surface area contributed by atoms with E-state index in [1.165, 1.54) is 21.9 Å². The molecule has 47 heavy (non-hydrogen) atoms. The molecular weight excluding hydrogens is 634 g/mol. The molecule has 0 amide bonds. The molecular formula is C37H36ClN3O5S. The minimum atomic E-state index is -3.70. The van der Waals surface area contributed by atoms with E-state index in [4.69, 9.17) is 9.57 Å². The van der Waals surface area contributed by atoms with E-state index in [0.29, 0.717) is 24.4 Å². The van der Waals surface area contributed by atoms with Crippen molar-refractivity contribution < 1.29 is 22.8 Å². The summed E-state index contributed by atoms with van der Waals surface area (Å²) in [6.45, 7) is 1.83. The van der Waals surface area contributed by atoms with E-state index in [2.05, 4.69) is 70.5 Å². The predicted molar refractivity (Wildman–Crippen MR) is 190 cm³/mol. The van der Waals surface area contributed by atoms with Crippen LogP contribution in [-0.2, 0) is 28.0 Å². The first-order valence-corrected chi connectivity index (χ1v) is 16.9. The van der Waals surface area contributed by atoms with Crippen LogP contribution in [-0.4, -0.2) is 44.7 Å². The van der Waals surface area contributed by atoms with Gasteiger partial charge in [0.2, 0.25) is 0 Å². The number of para-hydroxylation sites is 1. The molecule has 6 rings (SSSR count). The van der Waals surface area contributed by atoms with E-state index < -0.39 is 10.0 Å². The largest absolute Gasteiger partial charge is 0.492 e. The molecule has 0 radical (unpaired) electrons. The van der Waals surface area contributed by atoms with Crippen LogP contribution in [0.3, 0.4) is 0 Å². The summed E-state index contributed by atoms with van der Waals surface area (Å²) in [4.78, 5) is 18.4. The molecule has 0 saturated heterocycles. The molecule has 0 unspecified atom stereocenters. The highest BCUT2D eigenvalue weighted by molar-refractivity contribution is 7.91. The summed E-state index contributed by atoms with van der Waals surface area (Å²) in [7, 11) is -3.70. The summed E-state index contributed by atoms with van der Waals surface area (Å²) in [6, 6.07) is 40.6. The van der Waals surface area contributed by atoms with Crippen molar-refractivity contribution >= 4 is 55.7 Å². The Morgan fingerprint density at radius 2 is 1.40 bits per heavy atom. The molecule has 6 aromatic rings. The third kappa shape index (κ3) is 8.19. The number of sulfonamides is 1. The number of hydrogen-bond donors (Lipinski definition) is 1. The van der Waals surface area contributed by atoms with E-state index >= 15 is 0 Å². The van der Waals surface area contributed by atoms with Crippen molar-refractivity contribution in [1.82, 2.24) is 9.88 Å². The lowest BCUT2D eigenvalue weighted by Crippen LogP contribution is -2.30. The topological polar surface area (TPSA) is 89.9 Å². The fourth-order valence-electron chi connectivity index (χ4n) is 5.44. The van der Waals surface area contributed by atoms with Crippen LogP contribution in [0.4, 0.5) is 5.69 Å². The standard InChI is InChI=1S/C37H35N3O5S.ClH/c1-46(42,43)40(45-27-29-12-6-3-7-13-29)31-18-16-30(17-19-31)37(41)25-38-22-23-44-32-20-21-34-33-14-8-9-15-35(33)39(36(34)24-32)26-28-10-4-2-5-11-28;/h2-21,24,38H,22-23,25-27H2,1H3;1H. The maximum absolute atomic E-state index is 12.8. The van der Waals surface area contributed by atoms with Gasteiger partial charge in [0.25, 0.3) is 10.0 Å². The maximum Gasteiger partial charge on any atom is 0.254 e. The van der Waals surface area contributed by atoms with E-state index in [9.17, 15) is 13.2 Å². The number of aromatic nitrogens is 1. The highest BCUT2D eigenvalue weighted by Crippen LogP contribution is 2.32. The lowest BCUT2D eigenvalue weighted by Gasteiger charge is -2.21. The van der Waals surface area contributed by atoms with Crippen molar-refractivity contribution in [2.24, 2.45) is 0 Å². The predicted octanol–water partition coefficient (Wildman–Crippen LogP) is 7.01. The molecule has 1 N–H and O–H groups in total. The summed E-state index contributed by atoms with van der Waals surface area (Å²) in [6.07, 6.45) is 1.07. The molecule has 0 saturated carbocycles. The Labute approximate surface area is 281 Å². The normalized spacial score (nSPS) is 11.3. The van der Waals surface area contributed by atoms with Crippen molar-refractivity contribution in [3.8, 4) is 5.75 Å². The Hall–Kier alpha value is -4.67. The first-order valence-electron chi connectivity index (χ1n) is 15.1. The third-order valence-electron chi connectivity index (χ3n) is 7.65. The SMILES string of the molecule is CS(=O)(=O)N(OCc1ccccc1)c1ccc(C(=O)CNCCOc2ccc3c4ccccc4n(Cc4ccccc4)c3c2)cc1.Cl. The molecule has 5 aromatic carbocycles. The van der Waals surface area contributed by atoms with Gasteiger partial charge < -0.3 is 14.6 Å². The zero-order valence-corrected chi connectivity index (χ0v) is 27.5. The van der Waals surface area contributed by atoms with Crippen LogP contribution in [0.5, 0.6) is 5.75 Å². The van der Waals surface area contributed by atoms with E-state index in [1.807, 2.05) is 42.5 Å². The van der Waals surface area contributed by atoms with Gasteiger partial charge in [0.1, 0.15) is 19.0 Å². The van der Waals surface area contributed by atoms with E-state index in [-0.39, 0.29) is 31.3 Å². The van der Waals surface area contributed by atoms with Gasteiger partial charge in [-0.25, -0.2) is 8.42 Å². The smallest absolute Gasteiger partial charge is 0.254 e. The number of fused-ring (bicyclic) bond motifs is 3. The Morgan fingerprint density at radius 3 is 2.11 bits per heavy atom. The molecule has 10 heteroatoms. The van der Waals surface area contributed by atoms with Crippen molar-refractivity contribution in [2.75, 3.05) is 30.4 Å². The summed E-state index contributed by atoms with van der Waals surface area (Å²) in [5.74, 6) is 0.646. The maximum atomic E-state index is 12.8. The van der Waals surface area contributed by atoms with Gasteiger partial charge in [-0.05, 0) is 53.6 Å². The Morgan fingerprint density at radius 1 is 0.766 bits per heavy atom. The molecule has 0 aliphatic rings. The molecule has 1 aromatic heterocycles. The van der Waals surface area contributed by atoms with Crippen molar-refractivity contribution in [1.29, 1.82) is 0 Å². The minimum Gasteiger partial charge on any atom is -0.492 e. The number of hydrogen-bond acceptors (Lipinski definition) is 6. The van der Waals surface area contributed by atoms with Crippen LogP contribution in [0.1, 0.15) is 21.5 Å². The van der Waals surface area contributed by atoms with E-state index in [0.717, 1.165) is 34.1 Å². The zero-order chi connectivity index (χ0) is 31.9. The van der Waals surface area contributed by atoms with Crippen molar-refractivity contribution in [3.63, 3.8) is 0 Å². The van der Waals surface area contributed by atoms with Crippen LogP contribution in [0.2, 0.25) is 0 Å². The molecule has 8 nitrogen and oxygen atoms in total. The Kier molecular flexibility index (Phi) is 11.0. The first kappa shape index (κ1) is 33.7. The number of Topliss-reactive ketones (excluding diaryl/α,β-unsaturated/α-hetero) is 1. The van der Waals surface area contributed by atoms with Gasteiger partial charge in [-0.1, -0.05) is 78.9 Å². The van der Waals surface area contributed by atoms with Crippen LogP contribution < -0.4 is 14.5 Å². The number of benzene rings is 5. The molecule has 0 spiro atoms. The highest BCUT2D eigenvalue weighted by Gasteiger charge is 2.19. The van der Waals surface area contributed by atoms with Gasteiger partial charge >= 0.3 is 0 Å². The van der Waals surface area contributed by atoms with Crippen LogP contribution >= 0.6 is 12.4 Å². The first-order chi connectivity index (χ1) is 22.4. The number of carbonyl (C=O) groups excluding carboxylic acids is 1. The molecule has 0 aliphatic carbocycles. The van der Waals surface area contributed by atoms with Gasteiger partial charge in [0.05, 0.1) is 24.0 Å². The Balaban J connectivity index is 0.00000433. The van der Waals surface area contributed by atoms with Gasteiger partial charge in [0, 0.05) is 41.0 Å². The second-order valence-electron chi connectivity index (χ2n) is 11.0. The average Bonchev–Trinajstić information content (AvgIpc) is 3.37. The number of rotatable bonds is 14. The number of nitrogens with zero attached hydrogens (tertiary/aromatic N) is 2. The van der Waals surface area contributed by atoms with Gasteiger partial charge in [-0.2, -0.15) is 0 Å². The molecule has 0 bridgehead atoms. The average molecular weight is 670 g/mol. The zero-order valence-electron chi connectivity index (χ0n) is 25.9. The van der Waals surface area contributed by atoms with Crippen molar-refractivity contribution in [3.05, 3.63) is 144 Å². The second-order valence-corrected chi connectivity index (χ2v) is 12.8. The number of anilines is 1. The number of ketones is 1. The second kappa shape index (κ2) is 15.3. The number of carbonyl (C=O) groups is 1. The third-order valence-corrected chi connectivity index (χ3v) is 8.57. The fraction of sp³-hybridized carbons (Fsp3) is 0.162. The lowest BCUT2D eigenvalue weighted by atomic mass is 10.1. The quantitative estimate of drug-likeness (QED) is 0.0762. The van der Waals surface area contributed by atoms with Crippen LogP contribution in [0, 0.1) is 0 Å². The minimum absolute atomic E-state index is 0. The van der Waals surface area contributed by atoms with Crippen molar-refractivity contribution in [2.45, 2.75) is 13.2 Å². The molecule has 0 aliphatic heterocycles. The van der Waals surface area contributed by atoms with Crippen LogP contribution in [0.25, 0.3) is 21.8 Å². The summed E-state index contributed by atoms with van der Waals surface area (Å²) >= 11 is 0. The van der Waals surface area contributed by atoms with E-state index in [1.54, 1.807) is 24.3 Å². The highest BCUT2D eigenvalue weighted by atomic mass is 35.5. The monoisotopic (exact) mass is 669 g/mol. The van der Waals surface area contributed by atoms with Gasteiger partial charge in [-0.3, -0.25) is 9.63 Å². The fourth-order valence-corrected chi connectivity index (χ4v) is 6.19. The number of nitrogens with one attached hydrogen (secondary N) is 1. The summed E-state index contributed by atoms with van der Waals surface area (Å²) < 4.78 is 34.0. The summed E-state index contributed by atoms with van der Waals surface area (Å²) in [5, 5.41) is 5.53. The molecule has 0 fully saturated rings.